The van der Waals surface area contributed by atoms with Crippen LogP contribution in [0.1, 0.15) is 21.6 Å². The summed E-state index contributed by atoms with van der Waals surface area (Å²) in [6.07, 6.45) is 1.51. The Kier molecular flexibility index (Phi) is 2.78. The van der Waals surface area contributed by atoms with Gasteiger partial charge >= 0.3 is 5.97 Å². The number of aromatic carboxylic acids is 1. The van der Waals surface area contributed by atoms with Gasteiger partial charge in [0.2, 0.25) is 0 Å². The van der Waals surface area contributed by atoms with Gasteiger partial charge in [0.15, 0.2) is 9.84 Å². The van der Waals surface area contributed by atoms with Crippen molar-refractivity contribution < 1.29 is 23.1 Å². The zero-order valence-corrected chi connectivity index (χ0v) is 9.95. The van der Waals surface area contributed by atoms with Crippen LogP contribution in [0.15, 0.2) is 6.20 Å². The highest BCUT2D eigenvalue weighted by Crippen LogP contribution is 2.31. The fraction of sp³-hybridized carbons (Fsp3) is 0.400. The Morgan fingerprint density at radius 2 is 2.24 bits per heavy atom. The van der Waals surface area contributed by atoms with E-state index in [1.165, 1.54) is 13.3 Å². The quantitative estimate of drug-likeness (QED) is 0.816. The van der Waals surface area contributed by atoms with Crippen molar-refractivity contribution in [3.05, 3.63) is 23.0 Å². The van der Waals surface area contributed by atoms with Crippen molar-refractivity contribution in [1.29, 1.82) is 0 Å². The van der Waals surface area contributed by atoms with Gasteiger partial charge < -0.3 is 9.84 Å². The van der Waals surface area contributed by atoms with Gasteiger partial charge in [0.25, 0.3) is 0 Å². The summed E-state index contributed by atoms with van der Waals surface area (Å²) in [6.45, 7) is 0. The lowest BCUT2D eigenvalue weighted by Crippen LogP contribution is -2.22. The van der Waals surface area contributed by atoms with E-state index in [-0.39, 0.29) is 22.8 Å². The van der Waals surface area contributed by atoms with Crippen LogP contribution < -0.4 is 4.74 Å². The first-order chi connectivity index (χ1) is 7.94. The third-order valence-electron chi connectivity index (χ3n) is 2.67. The van der Waals surface area contributed by atoms with Gasteiger partial charge in [-0.3, -0.25) is 4.98 Å². The van der Waals surface area contributed by atoms with E-state index in [2.05, 4.69) is 4.98 Å². The number of ether oxygens (including phenoxy) is 1. The highest BCUT2D eigenvalue weighted by atomic mass is 32.2. The van der Waals surface area contributed by atoms with Gasteiger partial charge in [0.1, 0.15) is 11.3 Å². The Morgan fingerprint density at radius 1 is 1.53 bits per heavy atom. The summed E-state index contributed by atoms with van der Waals surface area (Å²) in [5.41, 5.74) is 0.865. The summed E-state index contributed by atoms with van der Waals surface area (Å²) < 4.78 is 28.1. The molecule has 2 rings (SSSR count). The molecule has 0 saturated heterocycles. The maximum absolute atomic E-state index is 11.5. The van der Waals surface area contributed by atoms with E-state index in [0.29, 0.717) is 17.7 Å². The first-order valence-corrected chi connectivity index (χ1v) is 6.75. The van der Waals surface area contributed by atoms with Crippen LogP contribution in [0.4, 0.5) is 0 Å². The van der Waals surface area contributed by atoms with Crippen molar-refractivity contribution in [3.8, 4) is 5.75 Å². The number of rotatable bonds is 2. The fourth-order valence-electron chi connectivity index (χ4n) is 1.87. The number of nitrogens with zero attached hydrogens (tertiary/aromatic N) is 1. The van der Waals surface area contributed by atoms with E-state index in [9.17, 15) is 13.2 Å². The van der Waals surface area contributed by atoms with Crippen molar-refractivity contribution >= 4 is 15.8 Å². The smallest absolute Gasteiger partial charge is 0.341 e. The summed E-state index contributed by atoms with van der Waals surface area (Å²) in [7, 11) is -1.86. The summed E-state index contributed by atoms with van der Waals surface area (Å²) in [5, 5.41) is 8.96. The molecule has 0 aliphatic carbocycles. The number of aromatic nitrogens is 1. The lowest BCUT2D eigenvalue weighted by molar-refractivity contribution is 0.0692. The molecule has 0 unspecified atom stereocenters. The molecule has 17 heavy (non-hydrogen) atoms. The maximum Gasteiger partial charge on any atom is 0.341 e. The van der Waals surface area contributed by atoms with Crippen LogP contribution >= 0.6 is 0 Å². The van der Waals surface area contributed by atoms with Crippen LogP contribution in [-0.2, 0) is 22.0 Å². The molecule has 0 bridgehead atoms. The number of pyridine rings is 1. The van der Waals surface area contributed by atoms with Crippen LogP contribution in [-0.4, -0.2) is 37.3 Å². The number of methoxy groups -OCH3 is 1. The Labute approximate surface area is 98.2 Å². The minimum Gasteiger partial charge on any atom is -0.495 e. The molecule has 1 N–H and O–H groups in total. The van der Waals surface area contributed by atoms with E-state index in [0.717, 1.165) is 0 Å². The Hall–Kier alpha value is -1.63. The highest BCUT2D eigenvalue weighted by molar-refractivity contribution is 7.90. The van der Waals surface area contributed by atoms with E-state index in [4.69, 9.17) is 9.84 Å². The van der Waals surface area contributed by atoms with Gasteiger partial charge in [-0.15, -0.1) is 0 Å². The fourth-order valence-corrected chi connectivity index (χ4v) is 3.25. The molecule has 0 atom stereocenters. The van der Waals surface area contributed by atoms with E-state index in [1.54, 1.807) is 0 Å². The first kappa shape index (κ1) is 11.8. The number of sulfone groups is 1. The molecule has 0 amide bonds. The molecule has 0 spiro atoms. The summed E-state index contributed by atoms with van der Waals surface area (Å²) >= 11 is 0. The number of hydrogen-bond donors (Lipinski definition) is 1. The molecule has 1 aliphatic rings. The normalized spacial score (nSPS) is 17.2. The van der Waals surface area contributed by atoms with Crippen molar-refractivity contribution in [3.63, 3.8) is 0 Å². The van der Waals surface area contributed by atoms with Gasteiger partial charge in [-0.2, -0.15) is 0 Å². The third-order valence-corrected chi connectivity index (χ3v) is 4.22. The second-order valence-electron chi connectivity index (χ2n) is 3.78. The Bertz CT molecular complexity index is 579. The monoisotopic (exact) mass is 257 g/mol. The van der Waals surface area contributed by atoms with Crippen molar-refractivity contribution in [2.24, 2.45) is 0 Å². The van der Waals surface area contributed by atoms with E-state index >= 15 is 0 Å². The molecule has 1 aromatic rings. The second-order valence-corrected chi connectivity index (χ2v) is 5.96. The second kappa shape index (κ2) is 3.99. The number of carboxylic acids is 1. The summed E-state index contributed by atoms with van der Waals surface area (Å²) in [4.78, 5) is 14.9. The molecule has 0 saturated carbocycles. The van der Waals surface area contributed by atoms with Gasteiger partial charge in [-0.25, -0.2) is 13.2 Å². The molecule has 0 fully saturated rings. The van der Waals surface area contributed by atoms with Crippen molar-refractivity contribution in [2.45, 2.75) is 12.2 Å². The van der Waals surface area contributed by atoms with Crippen LogP contribution in [0.5, 0.6) is 5.75 Å². The average molecular weight is 257 g/mol. The minimum absolute atomic E-state index is 0.0442. The van der Waals surface area contributed by atoms with Crippen molar-refractivity contribution in [1.82, 2.24) is 4.98 Å². The molecule has 0 radical (unpaired) electrons. The van der Waals surface area contributed by atoms with Crippen LogP contribution in [0, 0.1) is 0 Å². The molecule has 1 aliphatic heterocycles. The standard InChI is InChI=1S/C10H11NO5S/c1-16-9-6(10(12)13)4-11-8-2-3-17(14,15)5-7(8)9/h4H,2-3,5H2,1H3,(H,12,13). The molecular weight excluding hydrogens is 246 g/mol. The number of hydrogen-bond acceptors (Lipinski definition) is 5. The third kappa shape index (κ3) is 2.10. The zero-order valence-electron chi connectivity index (χ0n) is 9.13. The molecule has 2 heterocycles. The van der Waals surface area contributed by atoms with Gasteiger partial charge in [-0.05, 0) is 0 Å². The van der Waals surface area contributed by atoms with Gasteiger partial charge in [0, 0.05) is 23.9 Å². The van der Waals surface area contributed by atoms with Crippen LogP contribution in [0.25, 0.3) is 0 Å². The average Bonchev–Trinajstić information content (AvgIpc) is 2.26. The van der Waals surface area contributed by atoms with Crippen LogP contribution in [0.2, 0.25) is 0 Å². The highest BCUT2D eigenvalue weighted by Gasteiger charge is 2.28. The number of aryl methyl sites for hydroxylation is 1. The van der Waals surface area contributed by atoms with E-state index in [1.807, 2.05) is 0 Å². The number of carbonyl (C=O) groups is 1. The minimum atomic E-state index is -3.18. The lowest BCUT2D eigenvalue weighted by Gasteiger charge is -2.19. The zero-order chi connectivity index (χ0) is 12.6. The van der Waals surface area contributed by atoms with E-state index < -0.39 is 15.8 Å². The number of carboxylic acid groups (broad SMARTS) is 1. The predicted octanol–water partition coefficient (Wildman–Crippen LogP) is 0.259. The molecular formula is C10H11NO5S. The van der Waals surface area contributed by atoms with Gasteiger partial charge in [-0.1, -0.05) is 0 Å². The van der Waals surface area contributed by atoms with Crippen molar-refractivity contribution in [2.75, 3.05) is 12.9 Å². The molecule has 1 aromatic heterocycles. The largest absolute Gasteiger partial charge is 0.495 e. The number of fused-ring (bicyclic) bond motifs is 1. The molecule has 7 heteroatoms. The lowest BCUT2D eigenvalue weighted by atomic mass is 10.1. The molecule has 6 nitrogen and oxygen atoms in total. The predicted molar refractivity (Wildman–Crippen MR) is 58.9 cm³/mol. The summed E-state index contributed by atoms with van der Waals surface area (Å²) in [5.74, 6) is -1.24. The summed E-state index contributed by atoms with van der Waals surface area (Å²) in [6, 6.07) is 0. The van der Waals surface area contributed by atoms with Crippen LogP contribution in [0.3, 0.4) is 0 Å². The topological polar surface area (TPSA) is 93.6 Å². The Morgan fingerprint density at radius 3 is 2.82 bits per heavy atom. The first-order valence-electron chi connectivity index (χ1n) is 4.93. The Balaban J connectivity index is 2.64. The molecule has 92 valence electrons. The molecule has 0 aromatic carbocycles. The van der Waals surface area contributed by atoms with Gasteiger partial charge in [0.05, 0.1) is 18.6 Å². The SMILES string of the molecule is COc1c(C(=O)O)cnc2c1CS(=O)(=O)CC2. The maximum atomic E-state index is 11.5.